The van der Waals surface area contributed by atoms with Crippen LogP contribution in [0.3, 0.4) is 0 Å². The van der Waals surface area contributed by atoms with Crippen LogP contribution in [0.2, 0.25) is 0 Å². The Morgan fingerprint density at radius 3 is 2.56 bits per heavy atom. The van der Waals surface area contributed by atoms with Gasteiger partial charge in [0.25, 0.3) is 0 Å². The summed E-state index contributed by atoms with van der Waals surface area (Å²) < 4.78 is 0. The Balaban J connectivity index is 2.70. The van der Waals surface area contributed by atoms with E-state index in [0.717, 1.165) is 18.8 Å². The van der Waals surface area contributed by atoms with E-state index in [1.165, 1.54) is 37.0 Å². The van der Waals surface area contributed by atoms with Crippen LogP contribution in [0.5, 0.6) is 0 Å². The first-order chi connectivity index (χ1) is 11.8. The number of carbonyl (C=O) groups is 1. The van der Waals surface area contributed by atoms with Crippen molar-refractivity contribution in [3.8, 4) is 0 Å². The smallest absolute Gasteiger partial charge is 0.413 e. The van der Waals surface area contributed by atoms with Crippen molar-refractivity contribution in [2.75, 3.05) is 6.54 Å². The Kier molecular flexibility index (Phi) is 9.19. The highest BCUT2D eigenvalue weighted by Crippen LogP contribution is 2.33. The molecule has 0 aromatic rings. The van der Waals surface area contributed by atoms with Crippen LogP contribution >= 0.6 is 0 Å². The topological polar surface area (TPSA) is 73.1 Å². The molecule has 1 aliphatic carbocycles. The lowest BCUT2D eigenvalue weighted by Crippen LogP contribution is -2.35. The van der Waals surface area contributed by atoms with Gasteiger partial charge in [0.1, 0.15) is 5.82 Å². The maximum Gasteiger partial charge on any atom is 0.413 e. The highest BCUT2D eigenvalue weighted by atomic mass is 16.4. The van der Waals surface area contributed by atoms with Crippen molar-refractivity contribution in [3.05, 3.63) is 11.9 Å². The summed E-state index contributed by atoms with van der Waals surface area (Å²) in [5.41, 5.74) is -0.841. The van der Waals surface area contributed by atoms with E-state index in [1.54, 1.807) is 33.1 Å². The second-order valence-corrected chi connectivity index (χ2v) is 7.91. The standard InChI is InChI=1S/C20H36N2O3/c1-5-7-9-16-10-8-11-17(14-16)15-22(19(23)24)18(6-2)21-13-12-20(3,4)25/h6,13,16-17,25H,5,7-12,14-15H2,1-4H3,(H,23,24)/b18-6+,21-13-. The first kappa shape index (κ1) is 21.7. The first-order valence-corrected chi connectivity index (χ1v) is 9.68. The van der Waals surface area contributed by atoms with Crippen molar-refractivity contribution in [2.24, 2.45) is 16.8 Å². The average molecular weight is 353 g/mol. The molecule has 1 saturated carbocycles. The molecule has 2 N–H and O–H groups in total. The first-order valence-electron chi connectivity index (χ1n) is 9.68. The molecule has 0 aromatic carbocycles. The maximum absolute atomic E-state index is 11.7. The lowest BCUT2D eigenvalue weighted by molar-refractivity contribution is 0.0897. The zero-order valence-electron chi connectivity index (χ0n) is 16.4. The number of nitrogens with zero attached hydrogens (tertiary/aromatic N) is 2. The molecule has 0 radical (unpaired) electrons. The van der Waals surface area contributed by atoms with E-state index >= 15 is 0 Å². The number of amides is 1. The summed E-state index contributed by atoms with van der Waals surface area (Å²) in [5, 5.41) is 19.4. The van der Waals surface area contributed by atoms with Crippen molar-refractivity contribution in [3.63, 3.8) is 0 Å². The number of aliphatic hydroxyl groups is 1. The van der Waals surface area contributed by atoms with Crippen molar-refractivity contribution in [1.82, 2.24) is 4.90 Å². The summed E-state index contributed by atoms with van der Waals surface area (Å²) in [4.78, 5) is 17.4. The van der Waals surface area contributed by atoms with Crippen LogP contribution in [0.25, 0.3) is 0 Å². The molecule has 0 saturated heterocycles. The van der Waals surface area contributed by atoms with Gasteiger partial charge in [-0.2, -0.15) is 0 Å². The summed E-state index contributed by atoms with van der Waals surface area (Å²) in [6, 6.07) is 0. The molecule has 144 valence electrons. The van der Waals surface area contributed by atoms with Crippen LogP contribution < -0.4 is 0 Å². The molecule has 25 heavy (non-hydrogen) atoms. The van der Waals surface area contributed by atoms with Crippen LogP contribution in [0.1, 0.15) is 79.1 Å². The summed E-state index contributed by atoms with van der Waals surface area (Å²) >= 11 is 0. The number of hydrogen-bond donors (Lipinski definition) is 2. The van der Waals surface area contributed by atoms with E-state index < -0.39 is 11.7 Å². The normalized spacial score (nSPS) is 22.4. The molecule has 0 heterocycles. The van der Waals surface area contributed by atoms with Crippen LogP contribution in [0.4, 0.5) is 4.79 Å². The van der Waals surface area contributed by atoms with Gasteiger partial charge in [-0.15, -0.1) is 0 Å². The molecule has 0 aliphatic heterocycles. The Hall–Kier alpha value is -1.36. The van der Waals surface area contributed by atoms with Gasteiger partial charge in [-0.1, -0.05) is 39.0 Å². The molecule has 1 rings (SSSR count). The van der Waals surface area contributed by atoms with Gasteiger partial charge in [0.2, 0.25) is 0 Å². The Morgan fingerprint density at radius 1 is 1.32 bits per heavy atom. The Bertz CT molecular complexity index is 466. The molecule has 2 unspecified atom stereocenters. The molecule has 5 nitrogen and oxygen atoms in total. The van der Waals surface area contributed by atoms with E-state index in [1.807, 2.05) is 0 Å². The van der Waals surface area contributed by atoms with Crippen molar-refractivity contribution in [2.45, 2.75) is 84.7 Å². The molecule has 0 spiro atoms. The van der Waals surface area contributed by atoms with Crippen LogP contribution in [-0.2, 0) is 0 Å². The Labute approximate surface area is 152 Å². The van der Waals surface area contributed by atoms with Crippen LogP contribution in [0, 0.1) is 11.8 Å². The minimum absolute atomic E-state index is 0.389. The number of aliphatic imine (C=N–C) groups is 1. The quantitative estimate of drug-likeness (QED) is 0.570. The number of carboxylic acid groups (broad SMARTS) is 1. The molecule has 0 aromatic heterocycles. The molecule has 1 fully saturated rings. The van der Waals surface area contributed by atoms with Crippen molar-refractivity contribution in [1.29, 1.82) is 0 Å². The molecular formula is C20H36N2O3. The zero-order valence-corrected chi connectivity index (χ0v) is 16.4. The van der Waals surface area contributed by atoms with Gasteiger partial charge in [0.05, 0.1) is 5.60 Å². The van der Waals surface area contributed by atoms with Gasteiger partial charge in [-0.25, -0.2) is 9.79 Å². The third-order valence-electron chi connectivity index (χ3n) is 4.88. The second kappa shape index (κ2) is 10.6. The maximum atomic E-state index is 11.7. The largest absolute Gasteiger partial charge is 0.465 e. The van der Waals surface area contributed by atoms with Gasteiger partial charge in [0, 0.05) is 19.2 Å². The number of unbranched alkanes of at least 4 members (excludes halogenated alkanes) is 1. The van der Waals surface area contributed by atoms with E-state index in [9.17, 15) is 15.0 Å². The summed E-state index contributed by atoms with van der Waals surface area (Å²) in [6.45, 7) is 7.95. The summed E-state index contributed by atoms with van der Waals surface area (Å²) in [6.07, 6.45) is 11.2. The minimum atomic E-state index is -0.954. The molecule has 1 amide bonds. The third kappa shape index (κ3) is 8.52. The predicted octanol–water partition coefficient (Wildman–Crippen LogP) is 5.06. The van der Waals surface area contributed by atoms with Gasteiger partial charge in [-0.3, -0.25) is 4.90 Å². The zero-order chi connectivity index (χ0) is 18.9. The molecular weight excluding hydrogens is 316 g/mol. The van der Waals surface area contributed by atoms with Crippen LogP contribution in [-0.4, -0.2) is 39.6 Å². The lowest BCUT2D eigenvalue weighted by atomic mass is 9.79. The van der Waals surface area contributed by atoms with E-state index in [2.05, 4.69) is 11.9 Å². The van der Waals surface area contributed by atoms with Crippen LogP contribution in [0.15, 0.2) is 16.9 Å². The van der Waals surface area contributed by atoms with Gasteiger partial charge in [-0.05, 0) is 51.5 Å². The number of hydrogen-bond acceptors (Lipinski definition) is 3. The molecule has 2 atom stereocenters. The summed E-state index contributed by atoms with van der Waals surface area (Å²) in [5.74, 6) is 1.60. The highest BCUT2D eigenvalue weighted by molar-refractivity contribution is 5.69. The fourth-order valence-electron chi connectivity index (χ4n) is 3.51. The third-order valence-corrected chi connectivity index (χ3v) is 4.88. The van der Waals surface area contributed by atoms with E-state index in [4.69, 9.17) is 0 Å². The minimum Gasteiger partial charge on any atom is -0.465 e. The molecule has 0 bridgehead atoms. The van der Waals surface area contributed by atoms with Gasteiger partial charge < -0.3 is 10.2 Å². The SMILES string of the molecule is C/C=C(\N=C/CC(C)(C)O)N(CC1CCCC(CCCC)C1)C(=O)O. The van der Waals surface area contributed by atoms with E-state index in [-0.39, 0.29) is 0 Å². The highest BCUT2D eigenvalue weighted by Gasteiger charge is 2.26. The molecule has 1 aliphatic rings. The monoisotopic (exact) mass is 352 g/mol. The fraction of sp³-hybridized carbons (Fsp3) is 0.800. The van der Waals surface area contributed by atoms with Gasteiger partial charge in [0.15, 0.2) is 0 Å². The average Bonchev–Trinajstić information content (AvgIpc) is 2.54. The number of rotatable bonds is 9. The summed E-state index contributed by atoms with van der Waals surface area (Å²) in [7, 11) is 0. The molecule has 5 heteroatoms. The van der Waals surface area contributed by atoms with E-state index in [0.29, 0.717) is 24.7 Å². The predicted molar refractivity (Wildman–Crippen MR) is 103 cm³/mol. The van der Waals surface area contributed by atoms with Crippen molar-refractivity contribution < 1.29 is 15.0 Å². The number of allylic oxidation sites excluding steroid dienone is 1. The Morgan fingerprint density at radius 2 is 2.00 bits per heavy atom. The van der Waals surface area contributed by atoms with Crippen molar-refractivity contribution >= 4 is 12.3 Å². The second-order valence-electron chi connectivity index (χ2n) is 7.91. The fourth-order valence-corrected chi connectivity index (χ4v) is 3.51. The lowest BCUT2D eigenvalue weighted by Gasteiger charge is -2.32. The van der Waals surface area contributed by atoms with Gasteiger partial charge >= 0.3 is 6.09 Å².